The minimum absolute atomic E-state index is 0.0699. The number of halogens is 2. The van der Waals surface area contributed by atoms with Gasteiger partial charge in [-0.05, 0) is 78.1 Å². The van der Waals surface area contributed by atoms with Gasteiger partial charge in [0.2, 0.25) is 10.0 Å². The number of hydrogen-bond acceptors (Lipinski definition) is 5. The highest BCUT2D eigenvalue weighted by Crippen LogP contribution is 2.34. The van der Waals surface area contributed by atoms with E-state index >= 15 is 0 Å². The highest BCUT2D eigenvalue weighted by atomic mass is 32.2. The number of alkyl halides is 2. The van der Waals surface area contributed by atoms with Gasteiger partial charge in [-0.2, -0.15) is 8.78 Å². The molecule has 0 fully saturated rings. The fourth-order valence-corrected chi connectivity index (χ4v) is 5.79. The lowest BCUT2D eigenvalue weighted by Crippen LogP contribution is -2.23. The van der Waals surface area contributed by atoms with Gasteiger partial charge in [-0.25, -0.2) is 17.9 Å². The van der Waals surface area contributed by atoms with Gasteiger partial charge in [-0.1, -0.05) is 66.7 Å². The Kier molecular flexibility index (Phi) is 8.84. The van der Waals surface area contributed by atoms with Crippen LogP contribution in [-0.4, -0.2) is 8.42 Å². The van der Waals surface area contributed by atoms with Crippen LogP contribution in [-0.2, 0) is 35.5 Å². The molecule has 0 saturated heterocycles. The summed E-state index contributed by atoms with van der Waals surface area (Å²) in [5.41, 5.74) is 3.12. The number of rotatable bonds is 11. The molecule has 6 nitrogen and oxygen atoms in total. The fourth-order valence-electron chi connectivity index (χ4n) is 4.77. The molecule has 1 heterocycles. The van der Waals surface area contributed by atoms with E-state index in [0.29, 0.717) is 18.5 Å². The fraction of sp³-hybridized carbons (Fsp3) is 0.147. The molecule has 0 aliphatic heterocycles. The van der Waals surface area contributed by atoms with E-state index in [0.717, 1.165) is 34.5 Å². The van der Waals surface area contributed by atoms with E-state index in [1.165, 1.54) is 31.2 Å². The minimum Gasteiger partial charge on any atom is -0.423 e. The Morgan fingerprint density at radius 1 is 0.791 bits per heavy atom. The molecule has 0 unspecified atom stereocenters. The molecule has 1 aromatic heterocycles. The van der Waals surface area contributed by atoms with Crippen LogP contribution in [0, 0.1) is 0 Å². The lowest BCUT2D eigenvalue weighted by molar-refractivity contribution is 0.0531. The van der Waals surface area contributed by atoms with Gasteiger partial charge in [0.1, 0.15) is 5.58 Å². The average molecular weight is 601 g/mol. The van der Waals surface area contributed by atoms with Crippen LogP contribution in [0.1, 0.15) is 34.7 Å². The van der Waals surface area contributed by atoms with Gasteiger partial charge in [0, 0.05) is 35.8 Å². The molecule has 220 valence electrons. The summed E-state index contributed by atoms with van der Waals surface area (Å²) >= 11 is 0. The standard InChI is InChI=1S/C34H30F2N2O4S/c1-2-17-34(35,36)31-21-33(39)42-32-16-13-26(20-30(31)32)18-24-11-14-29(15-12-24)43(40,41)38-23-27-9-6-10-28(19-27)37-22-25-7-4-3-5-8-25/h2-17,19-21,37-38H,18,22-23H2,1H3/b17-2+. The van der Waals surface area contributed by atoms with E-state index in [1.54, 1.807) is 24.3 Å². The molecular weight excluding hydrogens is 570 g/mol. The summed E-state index contributed by atoms with van der Waals surface area (Å²) in [6, 6.07) is 29.5. The van der Waals surface area contributed by atoms with E-state index < -0.39 is 27.1 Å². The Labute approximate surface area is 248 Å². The van der Waals surface area contributed by atoms with Crippen molar-refractivity contribution in [3.05, 3.63) is 154 Å². The topological polar surface area (TPSA) is 88.4 Å². The van der Waals surface area contributed by atoms with Crippen LogP contribution in [0.3, 0.4) is 0 Å². The van der Waals surface area contributed by atoms with Crippen molar-refractivity contribution in [3.8, 4) is 0 Å². The van der Waals surface area contributed by atoms with Crippen LogP contribution in [0.25, 0.3) is 11.0 Å². The van der Waals surface area contributed by atoms with Gasteiger partial charge in [0.15, 0.2) is 0 Å². The highest BCUT2D eigenvalue weighted by molar-refractivity contribution is 7.89. The Morgan fingerprint density at radius 2 is 1.51 bits per heavy atom. The van der Waals surface area contributed by atoms with Crippen molar-refractivity contribution in [2.45, 2.75) is 37.3 Å². The van der Waals surface area contributed by atoms with Crippen LogP contribution in [0.15, 0.2) is 129 Å². The van der Waals surface area contributed by atoms with Crippen molar-refractivity contribution in [1.29, 1.82) is 0 Å². The number of anilines is 1. The summed E-state index contributed by atoms with van der Waals surface area (Å²) in [5, 5.41) is 3.49. The number of sulfonamides is 1. The smallest absolute Gasteiger partial charge is 0.336 e. The largest absolute Gasteiger partial charge is 0.423 e. The predicted molar refractivity (Wildman–Crippen MR) is 165 cm³/mol. The van der Waals surface area contributed by atoms with Crippen molar-refractivity contribution in [2.24, 2.45) is 0 Å². The molecule has 0 aliphatic carbocycles. The summed E-state index contributed by atoms with van der Waals surface area (Å²) in [5.74, 6) is -3.34. The lowest BCUT2D eigenvalue weighted by atomic mass is 9.99. The molecule has 0 radical (unpaired) electrons. The zero-order valence-electron chi connectivity index (χ0n) is 23.4. The average Bonchev–Trinajstić information content (AvgIpc) is 3.00. The summed E-state index contributed by atoms with van der Waals surface area (Å²) in [7, 11) is -3.78. The van der Waals surface area contributed by atoms with E-state index in [-0.39, 0.29) is 22.4 Å². The molecule has 0 amide bonds. The first kappa shape index (κ1) is 29.9. The molecule has 5 aromatic rings. The minimum atomic E-state index is -3.78. The molecule has 2 N–H and O–H groups in total. The number of fused-ring (bicyclic) bond motifs is 1. The van der Waals surface area contributed by atoms with Crippen LogP contribution in [0.5, 0.6) is 0 Å². The first-order valence-electron chi connectivity index (χ1n) is 13.7. The molecule has 4 aromatic carbocycles. The second-order valence-electron chi connectivity index (χ2n) is 10.1. The Bertz CT molecular complexity index is 1920. The van der Waals surface area contributed by atoms with E-state index in [9.17, 15) is 22.0 Å². The van der Waals surface area contributed by atoms with E-state index in [4.69, 9.17) is 4.42 Å². The van der Waals surface area contributed by atoms with Crippen molar-refractivity contribution < 1.29 is 21.6 Å². The molecule has 9 heteroatoms. The maximum Gasteiger partial charge on any atom is 0.336 e. The molecule has 0 atom stereocenters. The Hall–Kier alpha value is -4.60. The van der Waals surface area contributed by atoms with Crippen LogP contribution >= 0.6 is 0 Å². The number of hydrogen-bond donors (Lipinski definition) is 2. The third kappa shape index (κ3) is 7.43. The van der Waals surface area contributed by atoms with Gasteiger partial charge in [-0.3, -0.25) is 0 Å². The lowest BCUT2D eigenvalue weighted by Gasteiger charge is -2.15. The van der Waals surface area contributed by atoms with Crippen LogP contribution in [0.4, 0.5) is 14.5 Å². The molecule has 0 saturated carbocycles. The molecule has 0 spiro atoms. The Morgan fingerprint density at radius 3 is 2.26 bits per heavy atom. The quantitative estimate of drug-likeness (QED) is 0.124. The van der Waals surface area contributed by atoms with Gasteiger partial charge in [-0.15, -0.1) is 0 Å². The zero-order valence-corrected chi connectivity index (χ0v) is 24.2. The molecular formula is C34H30F2N2O4S. The van der Waals surface area contributed by atoms with Gasteiger partial charge in [0.25, 0.3) is 5.92 Å². The molecule has 43 heavy (non-hydrogen) atoms. The first-order chi connectivity index (χ1) is 20.6. The van der Waals surface area contributed by atoms with E-state index in [1.807, 2.05) is 54.6 Å². The maximum absolute atomic E-state index is 14.7. The van der Waals surface area contributed by atoms with E-state index in [2.05, 4.69) is 10.0 Å². The monoisotopic (exact) mass is 600 g/mol. The van der Waals surface area contributed by atoms with Crippen LogP contribution in [0.2, 0.25) is 0 Å². The van der Waals surface area contributed by atoms with Gasteiger partial charge >= 0.3 is 5.63 Å². The van der Waals surface area contributed by atoms with Gasteiger partial charge in [0.05, 0.1) is 4.90 Å². The first-order valence-corrected chi connectivity index (χ1v) is 15.2. The number of allylic oxidation sites excluding steroid dienone is 2. The van der Waals surface area contributed by atoms with Crippen molar-refractivity contribution in [1.82, 2.24) is 4.72 Å². The van der Waals surface area contributed by atoms with Crippen molar-refractivity contribution >= 4 is 26.7 Å². The molecule has 5 rings (SSSR count). The summed E-state index contributed by atoms with van der Waals surface area (Å²) in [6.07, 6.45) is 2.33. The van der Waals surface area contributed by atoms with Crippen molar-refractivity contribution in [2.75, 3.05) is 5.32 Å². The second kappa shape index (κ2) is 12.7. The third-order valence-electron chi connectivity index (χ3n) is 6.92. The normalized spacial score (nSPS) is 12.2. The van der Waals surface area contributed by atoms with Crippen LogP contribution < -0.4 is 15.7 Å². The number of benzene rings is 4. The Balaban J connectivity index is 1.26. The van der Waals surface area contributed by atoms with Crippen molar-refractivity contribution in [3.63, 3.8) is 0 Å². The third-order valence-corrected chi connectivity index (χ3v) is 8.33. The summed E-state index contributed by atoms with van der Waals surface area (Å²) < 4.78 is 63.2. The summed E-state index contributed by atoms with van der Waals surface area (Å²) in [6.45, 7) is 2.26. The predicted octanol–water partition coefficient (Wildman–Crippen LogP) is 7.14. The van der Waals surface area contributed by atoms with Gasteiger partial charge < -0.3 is 9.73 Å². The highest BCUT2D eigenvalue weighted by Gasteiger charge is 2.31. The molecule has 0 bridgehead atoms. The maximum atomic E-state index is 14.7. The zero-order chi connectivity index (χ0) is 30.5. The summed E-state index contributed by atoms with van der Waals surface area (Å²) in [4.78, 5) is 12.0. The molecule has 0 aliphatic rings. The SMILES string of the molecule is C/C=C/C(F)(F)c1cc(=O)oc2ccc(Cc3ccc(S(=O)(=O)NCc4cccc(NCc5ccccc5)c4)cc3)cc12. The second-order valence-corrected chi connectivity index (χ2v) is 11.9. The number of nitrogens with one attached hydrogen (secondary N) is 2.